The van der Waals surface area contributed by atoms with Crippen molar-refractivity contribution in [2.24, 2.45) is 0 Å². The van der Waals surface area contributed by atoms with Gasteiger partial charge in [-0.1, -0.05) is 0 Å². The number of carbonyl (C=O) groups is 1. The van der Waals surface area contributed by atoms with Crippen LogP contribution in [0.2, 0.25) is 0 Å². The largest absolute Gasteiger partial charge is 0.444 e. The Morgan fingerprint density at radius 2 is 2.06 bits per heavy atom. The van der Waals surface area contributed by atoms with Crippen LogP contribution in [0.4, 0.5) is 4.79 Å². The standard InChI is InChI=1S/C11H21NO4/c1-11(2,3)16-10(14)12-8(7-13)5-6-9(12)15-4/h8-9,13H,5-7H2,1-4H3/t8-,9?/m0/s1. The van der Waals surface area contributed by atoms with E-state index in [1.807, 2.05) is 20.8 Å². The smallest absolute Gasteiger partial charge is 0.412 e. The van der Waals surface area contributed by atoms with Crippen LogP contribution in [0.25, 0.3) is 0 Å². The van der Waals surface area contributed by atoms with Crippen LogP contribution in [0.5, 0.6) is 0 Å². The second kappa shape index (κ2) is 5.01. The second-order valence-electron chi connectivity index (χ2n) is 4.99. The van der Waals surface area contributed by atoms with E-state index in [4.69, 9.17) is 9.47 Å². The van der Waals surface area contributed by atoms with Gasteiger partial charge in [-0.05, 0) is 33.6 Å². The van der Waals surface area contributed by atoms with Crippen molar-refractivity contribution >= 4 is 6.09 Å². The monoisotopic (exact) mass is 231 g/mol. The summed E-state index contributed by atoms with van der Waals surface area (Å²) in [5.74, 6) is 0. The number of hydrogen-bond donors (Lipinski definition) is 1. The molecule has 0 spiro atoms. The maximum Gasteiger partial charge on any atom is 0.412 e. The number of methoxy groups -OCH3 is 1. The SMILES string of the molecule is COC1CC[C@@H](CO)N1C(=O)OC(C)(C)C. The summed E-state index contributed by atoms with van der Waals surface area (Å²) in [6.07, 6.45) is 0.776. The molecule has 0 saturated carbocycles. The Morgan fingerprint density at radius 3 is 2.50 bits per heavy atom. The number of ether oxygens (including phenoxy) is 2. The molecule has 1 aliphatic heterocycles. The summed E-state index contributed by atoms with van der Waals surface area (Å²) in [7, 11) is 1.56. The lowest BCUT2D eigenvalue weighted by molar-refractivity contribution is -0.0470. The van der Waals surface area contributed by atoms with E-state index < -0.39 is 11.7 Å². The molecule has 0 radical (unpaired) electrons. The first-order chi connectivity index (χ1) is 7.39. The van der Waals surface area contributed by atoms with Crippen molar-refractivity contribution in [1.29, 1.82) is 0 Å². The predicted octanol–water partition coefficient (Wildman–Crippen LogP) is 1.35. The molecule has 94 valence electrons. The molecule has 1 saturated heterocycles. The molecule has 2 atom stereocenters. The summed E-state index contributed by atoms with van der Waals surface area (Å²) in [6, 6.07) is -0.195. The summed E-state index contributed by atoms with van der Waals surface area (Å²) in [6.45, 7) is 5.39. The van der Waals surface area contributed by atoms with Gasteiger partial charge in [0, 0.05) is 7.11 Å². The molecule has 1 fully saturated rings. The van der Waals surface area contributed by atoms with Gasteiger partial charge >= 0.3 is 6.09 Å². The Bertz CT molecular complexity index is 237. The number of aliphatic hydroxyl groups is 1. The normalized spacial score (nSPS) is 25.9. The van der Waals surface area contributed by atoms with Crippen LogP contribution in [0.1, 0.15) is 33.6 Å². The maximum atomic E-state index is 11.9. The van der Waals surface area contributed by atoms with Gasteiger partial charge in [0.25, 0.3) is 0 Å². The lowest BCUT2D eigenvalue weighted by Crippen LogP contribution is -2.46. The van der Waals surface area contributed by atoms with Gasteiger partial charge in [-0.15, -0.1) is 0 Å². The summed E-state index contributed by atoms with van der Waals surface area (Å²) >= 11 is 0. The number of carbonyl (C=O) groups excluding carboxylic acids is 1. The first kappa shape index (κ1) is 13.3. The van der Waals surface area contributed by atoms with Crippen LogP contribution in [-0.4, -0.2) is 47.7 Å². The molecule has 0 aromatic rings. The van der Waals surface area contributed by atoms with Gasteiger partial charge < -0.3 is 14.6 Å². The number of likely N-dealkylation sites (tertiary alicyclic amines) is 1. The lowest BCUT2D eigenvalue weighted by atomic mass is 10.2. The molecule has 1 heterocycles. The molecule has 16 heavy (non-hydrogen) atoms. The van der Waals surface area contributed by atoms with Crippen LogP contribution >= 0.6 is 0 Å². The molecule has 5 nitrogen and oxygen atoms in total. The lowest BCUT2D eigenvalue weighted by Gasteiger charge is -2.31. The summed E-state index contributed by atoms with van der Waals surface area (Å²) in [5, 5.41) is 9.19. The minimum absolute atomic E-state index is 0.0564. The quantitative estimate of drug-likeness (QED) is 0.779. The Hall–Kier alpha value is -0.810. The average molecular weight is 231 g/mol. The van der Waals surface area contributed by atoms with Crippen molar-refractivity contribution in [2.45, 2.75) is 51.5 Å². The minimum atomic E-state index is -0.530. The van der Waals surface area contributed by atoms with Crippen molar-refractivity contribution in [3.05, 3.63) is 0 Å². The van der Waals surface area contributed by atoms with Crippen molar-refractivity contribution < 1.29 is 19.4 Å². The van der Waals surface area contributed by atoms with Crippen molar-refractivity contribution in [2.75, 3.05) is 13.7 Å². The van der Waals surface area contributed by atoms with Crippen LogP contribution in [0.15, 0.2) is 0 Å². The third-order valence-corrected chi connectivity index (χ3v) is 2.54. The van der Waals surface area contributed by atoms with Gasteiger partial charge in [0.1, 0.15) is 11.8 Å². The number of nitrogens with zero attached hydrogens (tertiary/aromatic N) is 1. The van der Waals surface area contributed by atoms with Gasteiger partial charge in [0.15, 0.2) is 0 Å². The predicted molar refractivity (Wildman–Crippen MR) is 59.0 cm³/mol. The first-order valence-corrected chi connectivity index (χ1v) is 5.54. The van der Waals surface area contributed by atoms with Gasteiger partial charge in [-0.2, -0.15) is 0 Å². The Kier molecular flexibility index (Phi) is 4.15. The summed E-state index contributed by atoms with van der Waals surface area (Å²) in [5.41, 5.74) is -0.530. The molecule has 0 aliphatic carbocycles. The third-order valence-electron chi connectivity index (χ3n) is 2.54. The molecule has 0 bridgehead atoms. The highest BCUT2D eigenvalue weighted by Crippen LogP contribution is 2.26. The molecule has 0 aromatic heterocycles. The van der Waals surface area contributed by atoms with Gasteiger partial charge in [0.05, 0.1) is 12.6 Å². The molecule has 1 amide bonds. The average Bonchev–Trinajstić information content (AvgIpc) is 2.57. The molecule has 1 aliphatic rings. The Labute approximate surface area is 96.3 Å². The van der Waals surface area contributed by atoms with E-state index in [9.17, 15) is 9.90 Å². The molecule has 1 unspecified atom stereocenters. The highest BCUT2D eigenvalue weighted by atomic mass is 16.6. The fourth-order valence-corrected chi connectivity index (χ4v) is 1.84. The van der Waals surface area contributed by atoms with Crippen molar-refractivity contribution in [3.63, 3.8) is 0 Å². The molecular weight excluding hydrogens is 210 g/mol. The maximum absolute atomic E-state index is 11.9. The van der Waals surface area contributed by atoms with E-state index in [1.165, 1.54) is 4.90 Å². The molecule has 1 N–H and O–H groups in total. The van der Waals surface area contributed by atoms with Crippen molar-refractivity contribution in [3.8, 4) is 0 Å². The Morgan fingerprint density at radius 1 is 1.44 bits per heavy atom. The fourth-order valence-electron chi connectivity index (χ4n) is 1.84. The van der Waals surface area contributed by atoms with Crippen molar-refractivity contribution in [1.82, 2.24) is 4.90 Å². The molecular formula is C11H21NO4. The number of amides is 1. The number of aliphatic hydroxyl groups excluding tert-OH is 1. The summed E-state index contributed by atoms with van der Waals surface area (Å²) < 4.78 is 10.5. The highest BCUT2D eigenvalue weighted by molar-refractivity contribution is 5.69. The van der Waals surface area contributed by atoms with E-state index in [0.29, 0.717) is 0 Å². The second-order valence-corrected chi connectivity index (χ2v) is 4.99. The van der Waals surface area contributed by atoms with Crippen LogP contribution < -0.4 is 0 Å². The molecule has 0 aromatic carbocycles. The van der Waals surface area contributed by atoms with Crippen LogP contribution in [-0.2, 0) is 9.47 Å². The van der Waals surface area contributed by atoms with E-state index in [2.05, 4.69) is 0 Å². The zero-order valence-electron chi connectivity index (χ0n) is 10.4. The fraction of sp³-hybridized carbons (Fsp3) is 0.909. The van der Waals surface area contributed by atoms with Crippen LogP contribution in [0.3, 0.4) is 0 Å². The van der Waals surface area contributed by atoms with E-state index in [-0.39, 0.29) is 18.9 Å². The molecule has 1 rings (SSSR count). The number of hydrogen-bond acceptors (Lipinski definition) is 4. The topological polar surface area (TPSA) is 59.0 Å². The Balaban J connectivity index is 2.70. The molecule has 5 heteroatoms. The minimum Gasteiger partial charge on any atom is -0.444 e. The highest BCUT2D eigenvalue weighted by Gasteiger charge is 2.38. The zero-order chi connectivity index (χ0) is 12.3. The van der Waals surface area contributed by atoms with Gasteiger partial charge in [0.2, 0.25) is 0 Å². The first-order valence-electron chi connectivity index (χ1n) is 5.54. The van der Waals surface area contributed by atoms with Crippen LogP contribution in [0, 0.1) is 0 Å². The van der Waals surface area contributed by atoms with Gasteiger partial charge in [-0.25, -0.2) is 4.79 Å². The van der Waals surface area contributed by atoms with E-state index >= 15 is 0 Å². The van der Waals surface area contributed by atoms with E-state index in [0.717, 1.165) is 12.8 Å². The summed E-state index contributed by atoms with van der Waals surface area (Å²) in [4.78, 5) is 13.4. The van der Waals surface area contributed by atoms with Gasteiger partial charge in [-0.3, -0.25) is 4.90 Å². The third kappa shape index (κ3) is 3.09. The zero-order valence-corrected chi connectivity index (χ0v) is 10.4. The number of rotatable bonds is 2. The van der Waals surface area contributed by atoms with E-state index in [1.54, 1.807) is 7.11 Å².